The Morgan fingerprint density at radius 3 is 2.81 bits per heavy atom. The first kappa shape index (κ1) is 22.1. The van der Waals surface area contributed by atoms with E-state index >= 15 is 0 Å². The first-order chi connectivity index (χ1) is 12.5. The van der Waals surface area contributed by atoms with Crippen molar-refractivity contribution >= 4 is 41.3 Å². The Morgan fingerprint density at radius 1 is 1.44 bits per heavy atom. The number of rotatable bonds is 4. The quantitative estimate of drug-likeness (QED) is 0.390. The lowest BCUT2D eigenvalue weighted by Crippen LogP contribution is -2.48. The third-order valence-corrected chi connectivity index (χ3v) is 6.15. The lowest BCUT2D eigenvalue weighted by molar-refractivity contribution is 0.189. The van der Waals surface area contributed by atoms with Crippen molar-refractivity contribution in [2.24, 2.45) is 10.9 Å². The molecule has 27 heavy (non-hydrogen) atoms. The summed E-state index contributed by atoms with van der Waals surface area (Å²) in [6, 6.07) is 0.430. The van der Waals surface area contributed by atoms with Crippen LogP contribution in [0.15, 0.2) is 23.7 Å². The molecule has 1 fully saturated rings. The van der Waals surface area contributed by atoms with E-state index in [0.717, 1.165) is 37.0 Å². The Morgan fingerprint density at radius 2 is 2.22 bits per heavy atom. The van der Waals surface area contributed by atoms with Crippen LogP contribution in [-0.4, -0.2) is 45.5 Å². The number of hydrogen-bond donors (Lipinski definition) is 1. The largest absolute Gasteiger partial charge is 0.350 e. The number of nitrogens with one attached hydrogen (secondary N) is 1. The molecule has 150 valence electrons. The van der Waals surface area contributed by atoms with Gasteiger partial charge in [-0.15, -0.1) is 35.3 Å². The number of halogens is 1. The summed E-state index contributed by atoms with van der Waals surface area (Å²) in [4.78, 5) is 17.2. The highest BCUT2D eigenvalue weighted by molar-refractivity contribution is 14.0. The van der Waals surface area contributed by atoms with Crippen molar-refractivity contribution in [2.45, 2.75) is 52.6 Å². The first-order valence-electron chi connectivity index (χ1n) is 9.38. The summed E-state index contributed by atoms with van der Waals surface area (Å²) in [5.74, 6) is 2.06. The van der Waals surface area contributed by atoms with Crippen LogP contribution >= 0.6 is 35.3 Å². The zero-order valence-corrected chi connectivity index (χ0v) is 20.0. The summed E-state index contributed by atoms with van der Waals surface area (Å²) < 4.78 is 2.23. The summed E-state index contributed by atoms with van der Waals surface area (Å²) in [5, 5.41) is 4.64. The van der Waals surface area contributed by atoms with E-state index in [1.165, 1.54) is 10.6 Å². The Kier molecular flexibility index (Phi) is 8.08. The van der Waals surface area contributed by atoms with E-state index in [2.05, 4.69) is 58.7 Å². The molecule has 1 saturated heterocycles. The van der Waals surface area contributed by atoms with Crippen LogP contribution < -0.4 is 5.32 Å². The molecule has 1 aliphatic rings. The number of likely N-dealkylation sites (tertiary alicyclic amines) is 1. The number of imidazole rings is 1. The molecule has 2 unspecified atom stereocenters. The molecule has 3 heterocycles. The number of aliphatic imine (C=N–C) groups is 1. The maximum atomic E-state index is 4.80. The summed E-state index contributed by atoms with van der Waals surface area (Å²) in [5.41, 5.74) is 1.22. The smallest absolute Gasteiger partial charge is 0.194 e. The standard InChI is InChI=1S/C19H30N6S.HI/c1-13(2)18-15(4)26-17(23-18)10-22-19(20-5)24-8-6-14(3)16(11-24)25-9-7-21-12-25;/h7,9,12-14,16H,6,8,10-11H2,1-5H3,(H,20,22);1H. The molecule has 3 rings (SSSR count). The molecule has 8 heteroatoms. The van der Waals surface area contributed by atoms with Crippen molar-refractivity contribution in [3.63, 3.8) is 0 Å². The maximum Gasteiger partial charge on any atom is 0.194 e. The Bertz CT molecular complexity index is 739. The fourth-order valence-corrected chi connectivity index (χ4v) is 4.69. The van der Waals surface area contributed by atoms with Gasteiger partial charge in [-0.05, 0) is 25.2 Å². The number of aromatic nitrogens is 3. The van der Waals surface area contributed by atoms with Crippen molar-refractivity contribution in [1.82, 2.24) is 24.8 Å². The normalized spacial score (nSPS) is 20.7. The van der Waals surface area contributed by atoms with E-state index in [1.807, 2.05) is 19.6 Å². The molecule has 6 nitrogen and oxygen atoms in total. The van der Waals surface area contributed by atoms with E-state index in [1.54, 1.807) is 11.3 Å². The Hall–Kier alpha value is -1.16. The van der Waals surface area contributed by atoms with Crippen LogP contribution in [0.25, 0.3) is 0 Å². The van der Waals surface area contributed by atoms with Crippen LogP contribution in [0.5, 0.6) is 0 Å². The predicted molar refractivity (Wildman–Crippen MR) is 123 cm³/mol. The topological polar surface area (TPSA) is 58.3 Å². The lowest BCUT2D eigenvalue weighted by Gasteiger charge is -2.39. The fraction of sp³-hybridized carbons (Fsp3) is 0.632. The van der Waals surface area contributed by atoms with Crippen molar-refractivity contribution in [1.29, 1.82) is 0 Å². The van der Waals surface area contributed by atoms with Gasteiger partial charge in [-0.1, -0.05) is 20.8 Å². The summed E-state index contributed by atoms with van der Waals surface area (Å²) >= 11 is 1.78. The Labute approximate surface area is 183 Å². The number of guanidine groups is 1. The second-order valence-corrected chi connectivity index (χ2v) is 8.68. The highest BCUT2D eigenvalue weighted by atomic mass is 127. The van der Waals surface area contributed by atoms with E-state index in [0.29, 0.717) is 17.9 Å². The second kappa shape index (κ2) is 9.86. The van der Waals surface area contributed by atoms with Crippen LogP contribution in [0.1, 0.15) is 54.7 Å². The highest BCUT2D eigenvalue weighted by Gasteiger charge is 2.29. The van der Waals surface area contributed by atoms with Gasteiger partial charge in [-0.25, -0.2) is 9.97 Å². The van der Waals surface area contributed by atoms with Crippen molar-refractivity contribution in [2.75, 3.05) is 20.1 Å². The summed E-state index contributed by atoms with van der Waals surface area (Å²) in [6.07, 6.45) is 6.99. The van der Waals surface area contributed by atoms with Gasteiger partial charge in [0.1, 0.15) is 5.01 Å². The molecule has 0 amide bonds. The number of nitrogens with zero attached hydrogens (tertiary/aromatic N) is 5. The molecular formula is C19H31IN6S. The molecule has 2 aromatic rings. The fourth-order valence-electron chi connectivity index (χ4n) is 3.66. The number of aryl methyl sites for hydroxylation is 1. The molecule has 1 N–H and O–H groups in total. The summed E-state index contributed by atoms with van der Waals surface area (Å²) in [7, 11) is 1.86. The maximum absolute atomic E-state index is 4.80. The van der Waals surface area contributed by atoms with Gasteiger partial charge in [0.05, 0.1) is 24.6 Å². The van der Waals surface area contributed by atoms with Crippen molar-refractivity contribution in [3.05, 3.63) is 34.3 Å². The Balaban J connectivity index is 0.00000261. The average molecular weight is 502 g/mol. The summed E-state index contributed by atoms with van der Waals surface area (Å²) in [6.45, 7) is 11.6. The molecule has 2 atom stereocenters. The average Bonchev–Trinajstić information content (AvgIpc) is 3.26. The van der Waals surface area contributed by atoms with Gasteiger partial charge in [-0.3, -0.25) is 4.99 Å². The zero-order valence-electron chi connectivity index (χ0n) is 16.8. The molecule has 0 saturated carbocycles. The van der Waals surface area contributed by atoms with Gasteiger partial charge < -0.3 is 14.8 Å². The van der Waals surface area contributed by atoms with E-state index < -0.39 is 0 Å². The van der Waals surface area contributed by atoms with Gasteiger partial charge in [0.15, 0.2) is 5.96 Å². The van der Waals surface area contributed by atoms with E-state index in [-0.39, 0.29) is 24.0 Å². The van der Waals surface area contributed by atoms with Crippen molar-refractivity contribution < 1.29 is 0 Å². The SMILES string of the molecule is CN=C(NCc1nc(C(C)C)c(C)s1)N1CCC(C)C(n2ccnc2)C1.I. The molecule has 0 spiro atoms. The second-order valence-electron chi connectivity index (χ2n) is 7.39. The van der Waals surface area contributed by atoms with Crippen LogP contribution in [-0.2, 0) is 6.54 Å². The number of piperidine rings is 1. The minimum absolute atomic E-state index is 0. The van der Waals surface area contributed by atoms with Crippen LogP contribution in [0.4, 0.5) is 0 Å². The minimum atomic E-state index is 0. The molecule has 1 aliphatic heterocycles. The molecule has 0 radical (unpaired) electrons. The minimum Gasteiger partial charge on any atom is -0.350 e. The predicted octanol–water partition coefficient (Wildman–Crippen LogP) is 4.05. The van der Waals surface area contributed by atoms with E-state index in [4.69, 9.17) is 4.98 Å². The van der Waals surface area contributed by atoms with Crippen LogP contribution in [0.2, 0.25) is 0 Å². The van der Waals surface area contributed by atoms with Crippen molar-refractivity contribution in [3.8, 4) is 0 Å². The molecular weight excluding hydrogens is 471 g/mol. The van der Waals surface area contributed by atoms with Crippen LogP contribution in [0.3, 0.4) is 0 Å². The number of hydrogen-bond acceptors (Lipinski definition) is 4. The van der Waals surface area contributed by atoms with Gasteiger partial charge in [-0.2, -0.15) is 0 Å². The highest BCUT2D eigenvalue weighted by Crippen LogP contribution is 2.28. The third-order valence-electron chi connectivity index (χ3n) is 5.16. The van der Waals surface area contributed by atoms with Gasteiger partial charge in [0.2, 0.25) is 0 Å². The number of thiazole rings is 1. The van der Waals surface area contributed by atoms with Gasteiger partial charge >= 0.3 is 0 Å². The monoisotopic (exact) mass is 502 g/mol. The van der Waals surface area contributed by atoms with Crippen LogP contribution in [0, 0.1) is 12.8 Å². The first-order valence-corrected chi connectivity index (χ1v) is 10.2. The molecule has 0 bridgehead atoms. The molecule has 0 aromatic carbocycles. The lowest BCUT2D eigenvalue weighted by atomic mass is 9.93. The van der Waals surface area contributed by atoms with Gasteiger partial charge in [0.25, 0.3) is 0 Å². The molecule has 0 aliphatic carbocycles. The third kappa shape index (κ3) is 5.22. The molecule has 2 aromatic heterocycles. The zero-order chi connectivity index (χ0) is 18.7. The van der Waals surface area contributed by atoms with Gasteiger partial charge in [0, 0.05) is 37.4 Å². The van der Waals surface area contributed by atoms with E-state index in [9.17, 15) is 0 Å².